The average molecular weight is 203 g/mol. The number of para-hydroxylation sites is 1. The predicted octanol–water partition coefficient (Wildman–Crippen LogP) is 2.37. The summed E-state index contributed by atoms with van der Waals surface area (Å²) in [7, 11) is 2.07. The summed E-state index contributed by atoms with van der Waals surface area (Å²) in [6, 6.07) is 8.69. The number of hydrogen-bond acceptors (Lipinski definition) is 2. The molecule has 0 N–H and O–H groups in total. The van der Waals surface area contributed by atoms with Gasteiger partial charge in [0.05, 0.1) is 0 Å². The Morgan fingerprint density at radius 2 is 2.07 bits per heavy atom. The molecule has 2 heteroatoms. The molecule has 0 bridgehead atoms. The Hall–Kier alpha value is -1.31. The molecule has 1 aliphatic heterocycles. The molecule has 15 heavy (non-hydrogen) atoms. The van der Waals surface area contributed by atoms with Gasteiger partial charge in [0.25, 0.3) is 0 Å². The number of hydrogen-bond donors (Lipinski definition) is 0. The van der Waals surface area contributed by atoms with Gasteiger partial charge in [-0.15, -0.1) is 0 Å². The van der Waals surface area contributed by atoms with Gasteiger partial charge >= 0.3 is 0 Å². The molecule has 0 radical (unpaired) electrons. The number of carbonyl (C=O) groups excluding carboxylic acids is 1. The highest BCUT2D eigenvalue weighted by molar-refractivity contribution is 5.66. The maximum Gasteiger partial charge on any atom is 0.122 e. The van der Waals surface area contributed by atoms with Crippen LogP contribution in [0.15, 0.2) is 24.3 Å². The molecule has 0 fully saturated rings. The van der Waals surface area contributed by atoms with E-state index in [1.165, 1.54) is 11.3 Å². The summed E-state index contributed by atoms with van der Waals surface area (Å²) in [6.45, 7) is 4.42. The van der Waals surface area contributed by atoms with E-state index in [1.54, 1.807) is 0 Å². The molecule has 0 aromatic heterocycles. The number of aldehydes is 1. The summed E-state index contributed by atoms with van der Waals surface area (Å²) < 4.78 is 0. The zero-order valence-corrected chi connectivity index (χ0v) is 9.53. The minimum Gasteiger partial charge on any atom is -0.370 e. The lowest BCUT2D eigenvalue weighted by Gasteiger charge is -2.30. The number of likely N-dealkylation sites (N-methyl/N-ethyl adjacent to an activating group) is 1. The van der Waals surface area contributed by atoms with Crippen LogP contribution in [0.3, 0.4) is 0 Å². The number of anilines is 1. The second-order valence-electron chi connectivity index (χ2n) is 4.77. The third-order valence-electron chi connectivity index (χ3n) is 3.60. The molecule has 1 unspecified atom stereocenters. The van der Waals surface area contributed by atoms with Crippen LogP contribution < -0.4 is 4.90 Å². The van der Waals surface area contributed by atoms with Gasteiger partial charge < -0.3 is 9.69 Å². The number of benzene rings is 1. The summed E-state index contributed by atoms with van der Waals surface area (Å²) in [4.78, 5) is 12.9. The van der Waals surface area contributed by atoms with Crippen LogP contribution in [0.2, 0.25) is 0 Å². The molecule has 0 aliphatic carbocycles. The molecule has 80 valence electrons. The highest BCUT2D eigenvalue weighted by atomic mass is 16.1. The first-order valence-corrected chi connectivity index (χ1v) is 5.35. The molecule has 0 saturated heterocycles. The number of rotatable bonds is 2. The van der Waals surface area contributed by atoms with E-state index in [4.69, 9.17) is 0 Å². The van der Waals surface area contributed by atoms with Crippen molar-refractivity contribution in [3.05, 3.63) is 29.8 Å². The Kier molecular flexibility index (Phi) is 2.29. The van der Waals surface area contributed by atoms with Crippen molar-refractivity contribution in [1.29, 1.82) is 0 Å². The largest absolute Gasteiger partial charge is 0.370 e. The fraction of sp³-hybridized carbons (Fsp3) is 0.462. The maximum atomic E-state index is 10.7. The first kappa shape index (κ1) is 10.2. The Labute approximate surface area is 90.9 Å². The molecule has 0 amide bonds. The lowest BCUT2D eigenvalue weighted by atomic mass is 9.79. The minimum atomic E-state index is 0.0618. The Balaban J connectivity index is 2.49. The topological polar surface area (TPSA) is 20.3 Å². The van der Waals surface area contributed by atoms with E-state index in [0.717, 1.165) is 6.29 Å². The Bertz CT molecular complexity index is 384. The SMILES string of the molecule is CN1c2ccccc2C(C)(C)C1CC=O. The van der Waals surface area contributed by atoms with Crippen molar-refractivity contribution in [2.75, 3.05) is 11.9 Å². The molecule has 1 heterocycles. The van der Waals surface area contributed by atoms with Crippen molar-refractivity contribution < 1.29 is 4.79 Å². The van der Waals surface area contributed by atoms with Crippen molar-refractivity contribution in [2.45, 2.75) is 31.7 Å². The van der Waals surface area contributed by atoms with Crippen molar-refractivity contribution in [3.63, 3.8) is 0 Å². The lowest BCUT2D eigenvalue weighted by Crippen LogP contribution is -2.39. The Morgan fingerprint density at radius 3 is 2.67 bits per heavy atom. The van der Waals surface area contributed by atoms with E-state index < -0.39 is 0 Å². The van der Waals surface area contributed by atoms with Crippen LogP contribution in [-0.4, -0.2) is 19.4 Å². The normalized spacial score (nSPS) is 22.6. The summed E-state index contributed by atoms with van der Waals surface area (Å²) in [5, 5.41) is 0. The van der Waals surface area contributed by atoms with E-state index in [1.807, 2.05) is 0 Å². The van der Waals surface area contributed by atoms with Gasteiger partial charge in [-0.2, -0.15) is 0 Å². The molecule has 1 atom stereocenters. The lowest BCUT2D eigenvalue weighted by molar-refractivity contribution is -0.108. The van der Waals surface area contributed by atoms with Gasteiger partial charge in [0, 0.05) is 30.6 Å². The molecule has 0 spiro atoms. The maximum absolute atomic E-state index is 10.7. The fourth-order valence-corrected chi connectivity index (χ4v) is 2.70. The van der Waals surface area contributed by atoms with E-state index in [0.29, 0.717) is 6.42 Å². The zero-order chi connectivity index (χ0) is 11.1. The summed E-state index contributed by atoms with van der Waals surface area (Å²) in [5.74, 6) is 0. The van der Waals surface area contributed by atoms with E-state index in [-0.39, 0.29) is 11.5 Å². The number of carbonyl (C=O) groups is 1. The van der Waals surface area contributed by atoms with Crippen molar-refractivity contribution in [3.8, 4) is 0 Å². The van der Waals surface area contributed by atoms with Gasteiger partial charge in [-0.05, 0) is 11.6 Å². The van der Waals surface area contributed by atoms with Gasteiger partial charge in [0.2, 0.25) is 0 Å². The molecular formula is C13H17NO. The molecule has 2 nitrogen and oxygen atoms in total. The molecule has 1 aliphatic rings. The third kappa shape index (κ3) is 1.36. The summed E-state index contributed by atoms with van der Waals surface area (Å²) >= 11 is 0. The molecule has 1 aromatic carbocycles. The van der Waals surface area contributed by atoms with E-state index in [2.05, 4.69) is 50.1 Å². The summed E-state index contributed by atoms with van der Waals surface area (Å²) in [6.07, 6.45) is 1.62. The second-order valence-corrected chi connectivity index (χ2v) is 4.77. The standard InChI is InChI=1S/C13H17NO/c1-13(2)10-6-4-5-7-11(10)14(3)12(13)8-9-15/h4-7,9,12H,8H2,1-3H3. The van der Waals surface area contributed by atoms with Crippen LogP contribution in [0.25, 0.3) is 0 Å². The van der Waals surface area contributed by atoms with Crippen LogP contribution in [-0.2, 0) is 10.2 Å². The number of fused-ring (bicyclic) bond motifs is 1. The number of nitrogens with zero attached hydrogens (tertiary/aromatic N) is 1. The highest BCUT2D eigenvalue weighted by Gasteiger charge is 2.42. The first-order chi connectivity index (χ1) is 7.09. The van der Waals surface area contributed by atoms with Crippen LogP contribution in [0, 0.1) is 0 Å². The smallest absolute Gasteiger partial charge is 0.122 e. The van der Waals surface area contributed by atoms with Crippen LogP contribution in [0.4, 0.5) is 5.69 Å². The monoisotopic (exact) mass is 203 g/mol. The summed E-state index contributed by atoms with van der Waals surface area (Å²) in [5.41, 5.74) is 2.67. The first-order valence-electron chi connectivity index (χ1n) is 5.35. The molecule has 0 saturated carbocycles. The van der Waals surface area contributed by atoms with Crippen molar-refractivity contribution in [1.82, 2.24) is 0 Å². The van der Waals surface area contributed by atoms with Crippen LogP contribution >= 0.6 is 0 Å². The van der Waals surface area contributed by atoms with Crippen LogP contribution in [0.5, 0.6) is 0 Å². The van der Waals surface area contributed by atoms with Crippen molar-refractivity contribution in [2.24, 2.45) is 0 Å². The van der Waals surface area contributed by atoms with Gasteiger partial charge in [-0.25, -0.2) is 0 Å². The predicted molar refractivity (Wildman–Crippen MR) is 62.3 cm³/mol. The molecular weight excluding hydrogens is 186 g/mol. The van der Waals surface area contributed by atoms with Gasteiger partial charge in [0.15, 0.2) is 0 Å². The fourth-order valence-electron chi connectivity index (χ4n) is 2.70. The quantitative estimate of drug-likeness (QED) is 0.688. The molecule has 1 aromatic rings. The minimum absolute atomic E-state index is 0.0618. The highest BCUT2D eigenvalue weighted by Crippen LogP contribution is 2.44. The van der Waals surface area contributed by atoms with Crippen molar-refractivity contribution >= 4 is 12.0 Å². The van der Waals surface area contributed by atoms with Gasteiger partial charge in [-0.1, -0.05) is 32.0 Å². The van der Waals surface area contributed by atoms with E-state index in [9.17, 15) is 4.79 Å². The Morgan fingerprint density at radius 1 is 1.40 bits per heavy atom. The van der Waals surface area contributed by atoms with Gasteiger partial charge in [-0.3, -0.25) is 0 Å². The van der Waals surface area contributed by atoms with E-state index >= 15 is 0 Å². The van der Waals surface area contributed by atoms with Gasteiger partial charge in [0.1, 0.15) is 6.29 Å². The third-order valence-corrected chi connectivity index (χ3v) is 3.60. The zero-order valence-electron chi connectivity index (χ0n) is 9.53. The average Bonchev–Trinajstić information content (AvgIpc) is 2.41. The van der Waals surface area contributed by atoms with Crippen LogP contribution in [0.1, 0.15) is 25.8 Å². The molecule has 2 rings (SSSR count). The second kappa shape index (κ2) is 3.37.